The molecule has 6 nitrogen and oxygen atoms in total. The van der Waals surface area contributed by atoms with Crippen molar-refractivity contribution in [3.05, 3.63) is 48.2 Å². The molecule has 0 fully saturated rings. The van der Waals surface area contributed by atoms with Gasteiger partial charge in [0.2, 0.25) is 0 Å². The number of hydrogen-bond donors (Lipinski definition) is 2. The Bertz CT molecular complexity index is 750. The standard InChI is InChI=1S/C16H16N2O4/c1-2-7-22-16(21)18-9-13-11(8-14(18)15(19)20)10-5-3-4-6-12(10)17-13/h2-6,14,17H,1,7-9H2,(H,19,20)/t14-/m0/s1. The van der Waals surface area contributed by atoms with Gasteiger partial charge < -0.3 is 14.8 Å². The molecule has 0 radical (unpaired) electrons. The maximum atomic E-state index is 12.1. The van der Waals surface area contributed by atoms with Gasteiger partial charge in [0.1, 0.15) is 12.6 Å². The number of carboxylic acid groups (broad SMARTS) is 1. The van der Waals surface area contributed by atoms with Gasteiger partial charge in [0, 0.05) is 23.0 Å². The second-order valence-corrected chi connectivity index (χ2v) is 5.18. The number of fused-ring (bicyclic) bond motifs is 3. The maximum Gasteiger partial charge on any atom is 0.411 e. The van der Waals surface area contributed by atoms with Gasteiger partial charge in [0.25, 0.3) is 0 Å². The van der Waals surface area contributed by atoms with Gasteiger partial charge in [-0.2, -0.15) is 0 Å². The molecule has 0 saturated carbocycles. The third-order valence-electron chi connectivity index (χ3n) is 3.85. The maximum absolute atomic E-state index is 12.1. The molecule has 1 amide bonds. The first-order valence-corrected chi connectivity index (χ1v) is 6.97. The minimum absolute atomic E-state index is 0.0568. The van der Waals surface area contributed by atoms with E-state index in [1.165, 1.54) is 11.0 Å². The van der Waals surface area contributed by atoms with Gasteiger partial charge in [-0.05, 0) is 11.6 Å². The van der Waals surface area contributed by atoms with Crippen LogP contribution in [0.3, 0.4) is 0 Å². The van der Waals surface area contributed by atoms with Crippen LogP contribution in [0, 0.1) is 0 Å². The lowest BCUT2D eigenvalue weighted by atomic mass is 9.97. The zero-order valence-electron chi connectivity index (χ0n) is 11.9. The van der Waals surface area contributed by atoms with Crippen LogP contribution in [0.25, 0.3) is 10.9 Å². The lowest BCUT2D eigenvalue weighted by Gasteiger charge is -2.32. The third-order valence-corrected chi connectivity index (χ3v) is 3.85. The number of H-pyrrole nitrogens is 1. The Kier molecular flexibility index (Phi) is 3.58. The molecule has 2 N–H and O–H groups in total. The summed E-state index contributed by atoms with van der Waals surface area (Å²) in [4.78, 5) is 28.1. The highest BCUT2D eigenvalue weighted by Gasteiger charge is 2.37. The average molecular weight is 300 g/mol. The Morgan fingerprint density at radius 2 is 2.23 bits per heavy atom. The number of nitrogens with zero attached hydrogens (tertiary/aromatic N) is 1. The molecule has 3 rings (SSSR count). The van der Waals surface area contributed by atoms with E-state index in [9.17, 15) is 14.7 Å². The van der Waals surface area contributed by atoms with Gasteiger partial charge in [0.05, 0.1) is 6.54 Å². The lowest BCUT2D eigenvalue weighted by molar-refractivity contribution is -0.143. The molecule has 2 aromatic rings. The number of ether oxygens (including phenoxy) is 1. The van der Waals surface area contributed by atoms with Gasteiger partial charge in [-0.1, -0.05) is 30.9 Å². The van der Waals surface area contributed by atoms with Gasteiger partial charge in [-0.15, -0.1) is 0 Å². The number of benzene rings is 1. The van der Waals surface area contributed by atoms with Gasteiger partial charge >= 0.3 is 12.1 Å². The van der Waals surface area contributed by atoms with Crippen LogP contribution < -0.4 is 0 Å². The van der Waals surface area contributed by atoms with Crippen molar-refractivity contribution < 1.29 is 19.4 Å². The van der Waals surface area contributed by atoms with Crippen molar-refractivity contribution in [3.8, 4) is 0 Å². The predicted molar refractivity (Wildman–Crippen MR) is 80.5 cm³/mol. The molecule has 1 aromatic heterocycles. The number of carboxylic acids is 1. The van der Waals surface area contributed by atoms with Crippen LogP contribution in [0.2, 0.25) is 0 Å². The van der Waals surface area contributed by atoms with E-state index in [0.717, 1.165) is 22.2 Å². The second-order valence-electron chi connectivity index (χ2n) is 5.18. The van der Waals surface area contributed by atoms with Crippen molar-refractivity contribution in [2.75, 3.05) is 6.61 Å². The first-order chi connectivity index (χ1) is 10.6. The number of para-hydroxylation sites is 1. The topological polar surface area (TPSA) is 82.6 Å². The van der Waals surface area contributed by atoms with Crippen LogP contribution in [-0.4, -0.2) is 39.7 Å². The quantitative estimate of drug-likeness (QED) is 0.852. The molecule has 6 heteroatoms. The van der Waals surface area contributed by atoms with Crippen molar-refractivity contribution in [1.29, 1.82) is 0 Å². The van der Waals surface area contributed by atoms with Crippen LogP contribution in [0.5, 0.6) is 0 Å². The highest BCUT2D eigenvalue weighted by atomic mass is 16.6. The number of carbonyl (C=O) groups is 2. The van der Waals surface area contributed by atoms with Crippen LogP contribution >= 0.6 is 0 Å². The summed E-state index contributed by atoms with van der Waals surface area (Å²) in [6.45, 7) is 3.73. The van der Waals surface area contributed by atoms with Crippen molar-refractivity contribution >= 4 is 23.0 Å². The summed E-state index contributed by atoms with van der Waals surface area (Å²) in [5.41, 5.74) is 2.75. The Morgan fingerprint density at radius 1 is 1.45 bits per heavy atom. The molecule has 1 atom stereocenters. The monoisotopic (exact) mass is 300 g/mol. The molecule has 0 saturated heterocycles. The molecule has 1 aliphatic heterocycles. The smallest absolute Gasteiger partial charge is 0.411 e. The summed E-state index contributed by atoms with van der Waals surface area (Å²) in [5.74, 6) is -1.04. The van der Waals surface area contributed by atoms with E-state index in [1.54, 1.807) is 0 Å². The summed E-state index contributed by atoms with van der Waals surface area (Å²) in [7, 11) is 0. The van der Waals surface area contributed by atoms with Crippen molar-refractivity contribution in [2.24, 2.45) is 0 Å². The van der Waals surface area contributed by atoms with E-state index in [1.807, 2.05) is 24.3 Å². The van der Waals surface area contributed by atoms with E-state index >= 15 is 0 Å². The number of aromatic nitrogens is 1. The Hall–Kier alpha value is -2.76. The van der Waals surface area contributed by atoms with Crippen LogP contribution in [0.4, 0.5) is 4.79 Å². The van der Waals surface area contributed by atoms with Crippen LogP contribution in [-0.2, 0) is 22.5 Å². The zero-order valence-corrected chi connectivity index (χ0v) is 11.9. The van der Waals surface area contributed by atoms with E-state index < -0.39 is 18.1 Å². The number of hydrogen-bond acceptors (Lipinski definition) is 3. The number of aliphatic carboxylic acids is 1. The number of amides is 1. The highest BCUT2D eigenvalue weighted by molar-refractivity contribution is 5.88. The van der Waals surface area contributed by atoms with Crippen molar-refractivity contribution in [2.45, 2.75) is 19.0 Å². The third kappa shape index (κ3) is 2.32. The van der Waals surface area contributed by atoms with E-state index in [-0.39, 0.29) is 19.6 Å². The molecule has 0 aliphatic carbocycles. The summed E-state index contributed by atoms with van der Waals surface area (Å²) in [6.07, 6.45) is 1.07. The van der Waals surface area contributed by atoms with Crippen molar-refractivity contribution in [1.82, 2.24) is 9.88 Å². The van der Waals surface area contributed by atoms with E-state index in [2.05, 4.69) is 11.6 Å². The summed E-state index contributed by atoms with van der Waals surface area (Å²) >= 11 is 0. The lowest BCUT2D eigenvalue weighted by Crippen LogP contribution is -2.48. The molecule has 22 heavy (non-hydrogen) atoms. The van der Waals surface area contributed by atoms with Gasteiger partial charge in [0.15, 0.2) is 0 Å². The predicted octanol–water partition coefficient (Wildman–Crippen LogP) is 2.30. The molecule has 0 bridgehead atoms. The minimum atomic E-state index is -1.04. The Morgan fingerprint density at radius 3 is 2.95 bits per heavy atom. The molecule has 2 heterocycles. The molecular formula is C16H16N2O4. The molecule has 1 aliphatic rings. The number of aromatic amines is 1. The molecule has 114 valence electrons. The van der Waals surface area contributed by atoms with Crippen molar-refractivity contribution in [3.63, 3.8) is 0 Å². The highest BCUT2D eigenvalue weighted by Crippen LogP contribution is 2.30. The zero-order chi connectivity index (χ0) is 15.7. The van der Waals surface area contributed by atoms with E-state index in [4.69, 9.17) is 4.74 Å². The number of rotatable bonds is 3. The van der Waals surface area contributed by atoms with E-state index in [0.29, 0.717) is 0 Å². The normalized spacial score (nSPS) is 17.1. The summed E-state index contributed by atoms with van der Waals surface area (Å²) < 4.78 is 4.99. The second kappa shape index (κ2) is 5.55. The SMILES string of the molecule is C=CCOC(=O)N1Cc2[nH]c3ccccc3c2C[C@H]1C(=O)O. The fourth-order valence-electron chi connectivity index (χ4n) is 2.83. The molecule has 1 aromatic carbocycles. The molecule has 0 spiro atoms. The molecular weight excluding hydrogens is 284 g/mol. The van der Waals surface area contributed by atoms with Gasteiger partial charge in [-0.25, -0.2) is 9.59 Å². The average Bonchev–Trinajstić information content (AvgIpc) is 2.88. The Labute approximate surface area is 127 Å². The first-order valence-electron chi connectivity index (χ1n) is 6.97. The summed E-state index contributed by atoms with van der Waals surface area (Å²) in [6, 6.07) is 6.79. The fraction of sp³-hybridized carbons (Fsp3) is 0.250. The van der Waals surface area contributed by atoms with Gasteiger partial charge in [-0.3, -0.25) is 4.90 Å². The van der Waals surface area contributed by atoms with Crippen LogP contribution in [0.1, 0.15) is 11.3 Å². The number of nitrogens with one attached hydrogen (secondary N) is 1. The summed E-state index contributed by atoms with van der Waals surface area (Å²) in [5, 5.41) is 10.4. The fourth-order valence-corrected chi connectivity index (χ4v) is 2.83. The minimum Gasteiger partial charge on any atom is -0.480 e. The number of carbonyl (C=O) groups excluding carboxylic acids is 1. The van der Waals surface area contributed by atoms with Crippen LogP contribution in [0.15, 0.2) is 36.9 Å². The first kappa shape index (κ1) is 14.2. The molecule has 0 unspecified atom stereocenters. The Balaban J connectivity index is 1.98. The largest absolute Gasteiger partial charge is 0.480 e.